The van der Waals surface area contributed by atoms with Crippen LogP contribution in [-0.4, -0.2) is 37.8 Å². The summed E-state index contributed by atoms with van der Waals surface area (Å²) in [4.78, 5) is 2.24. The van der Waals surface area contributed by atoms with Gasteiger partial charge in [-0.2, -0.15) is 0 Å². The van der Waals surface area contributed by atoms with E-state index in [4.69, 9.17) is 0 Å². The third kappa shape index (κ3) is 2.85. The van der Waals surface area contributed by atoms with Crippen molar-refractivity contribution in [2.24, 2.45) is 0 Å². The minimum atomic E-state index is -0.302. The molecule has 0 spiro atoms. The first-order valence-electron chi connectivity index (χ1n) is 6.30. The largest absolute Gasteiger partial charge is 0.314 e. The van der Waals surface area contributed by atoms with Crippen LogP contribution in [0.15, 0.2) is 18.2 Å². The van der Waals surface area contributed by atoms with Gasteiger partial charge in [-0.15, -0.1) is 0 Å². The van der Waals surface area contributed by atoms with E-state index in [0.29, 0.717) is 0 Å². The zero-order chi connectivity index (χ0) is 12.3. The minimum Gasteiger partial charge on any atom is -0.314 e. The lowest BCUT2D eigenvalue weighted by Crippen LogP contribution is -2.45. The summed E-state index contributed by atoms with van der Waals surface area (Å²) in [6.07, 6.45) is 0. The Bertz CT molecular complexity index is 372. The fourth-order valence-electron chi connectivity index (χ4n) is 2.57. The second-order valence-electron chi connectivity index (χ2n) is 4.82. The van der Waals surface area contributed by atoms with Crippen LogP contribution in [0.5, 0.6) is 0 Å². The van der Waals surface area contributed by atoms with Crippen molar-refractivity contribution < 1.29 is 4.39 Å². The molecule has 1 N–H and O–H groups in total. The van der Waals surface area contributed by atoms with Gasteiger partial charge in [-0.3, -0.25) is 4.90 Å². The molecule has 0 aromatic heterocycles. The molecule has 1 fully saturated rings. The summed E-state index contributed by atoms with van der Waals surface area (Å²) in [5, 5.41) is 3.30. The van der Waals surface area contributed by atoms with Crippen LogP contribution in [-0.2, 0) is 0 Å². The van der Waals surface area contributed by atoms with E-state index in [9.17, 15) is 4.39 Å². The first-order valence-corrected chi connectivity index (χ1v) is 6.30. The maximum absolute atomic E-state index is 13.3. The highest BCUT2D eigenvalue weighted by Crippen LogP contribution is 2.25. The first kappa shape index (κ1) is 12.5. The van der Waals surface area contributed by atoms with Gasteiger partial charge in [-0.25, -0.2) is 4.39 Å². The maximum atomic E-state index is 13.3. The molecular weight excluding hydrogens is 215 g/mol. The zero-order valence-corrected chi connectivity index (χ0v) is 10.7. The van der Waals surface area contributed by atoms with Crippen LogP contribution in [0.2, 0.25) is 0 Å². The average molecular weight is 236 g/mol. The van der Waals surface area contributed by atoms with Gasteiger partial charge in [-0.1, -0.05) is 23.8 Å². The number of halogens is 1. The topological polar surface area (TPSA) is 15.3 Å². The number of aryl methyl sites for hydroxylation is 2. The lowest BCUT2D eigenvalue weighted by atomic mass is 9.98. The second kappa shape index (κ2) is 5.61. The standard InChI is InChI=1S/C14H21FN2/c1-11-3-4-13(12(2)9-11)14(10-15)17-7-5-16-6-8-17/h3-4,9,14,16H,5-8,10H2,1-2H3/t14-/m1/s1. The predicted octanol–water partition coefficient (Wildman–Crippen LogP) is 2.22. The molecule has 94 valence electrons. The molecule has 0 aliphatic carbocycles. The van der Waals surface area contributed by atoms with Crippen LogP contribution < -0.4 is 5.32 Å². The number of piperazine rings is 1. The van der Waals surface area contributed by atoms with Gasteiger partial charge in [0.1, 0.15) is 6.67 Å². The Balaban J connectivity index is 2.21. The van der Waals surface area contributed by atoms with Crippen molar-refractivity contribution in [2.75, 3.05) is 32.9 Å². The fraction of sp³-hybridized carbons (Fsp3) is 0.571. The molecule has 1 aromatic rings. The van der Waals surface area contributed by atoms with Gasteiger partial charge in [0.15, 0.2) is 0 Å². The number of benzene rings is 1. The van der Waals surface area contributed by atoms with Crippen LogP contribution in [0.1, 0.15) is 22.7 Å². The Morgan fingerprint density at radius 3 is 2.59 bits per heavy atom. The molecule has 0 radical (unpaired) electrons. The van der Waals surface area contributed by atoms with E-state index < -0.39 is 0 Å². The smallest absolute Gasteiger partial charge is 0.109 e. The minimum absolute atomic E-state index is 0.0716. The van der Waals surface area contributed by atoms with Gasteiger partial charge in [0, 0.05) is 26.2 Å². The summed E-state index contributed by atoms with van der Waals surface area (Å²) in [6.45, 7) is 7.63. The summed E-state index contributed by atoms with van der Waals surface area (Å²) in [5.74, 6) is 0. The zero-order valence-electron chi connectivity index (χ0n) is 10.7. The average Bonchev–Trinajstić information content (AvgIpc) is 2.34. The molecular formula is C14H21FN2. The Morgan fingerprint density at radius 1 is 1.29 bits per heavy atom. The molecule has 17 heavy (non-hydrogen) atoms. The molecule has 1 saturated heterocycles. The number of alkyl halides is 1. The Kier molecular flexibility index (Phi) is 4.13. The van der Waals surface area contributed by atoms with Crippen LogP contribution in [0.25, 0.3) is 0 Å². The predicted molar refractivity (Wildman–Crippen MR) is 69.1 cm³/mol. The molecule has 1 aliphatic rings. The van der Waals surface area contributed by atoms with Gasteiger partial charge in [0.05, 0.1) is 6.04 Å². The highest BCUT2D eigenvalue weighted by molar-refractivity contribution is 5.33. The van der Waals surface area contributed by atoms with Gasteiger partial charge >= 0.3 is 0 Å². The normalized spacial score (nSPS) is 19.2. The molecule has 0 amide bonds. The SMILES string of the molecule is Cc1ccc([C@@H](CF)N2CCNCC2)c(C)c1. The van der Waals surface area contributed by atoms with Gasteiger partial charge in [0.2, 0.25) is 0 Å². The van der Waals surface area contributed by atoms with E-state index in [1.165, 1.54) is 11.1 Å². The Hall–Kier alpha value is -0.930. The van der Waals surface area contributed by atoms with E-state index >= 15 is 0 Å². The number of nitrogens with one attached hydrogen (secondary N) is 1. The lowest BCUT2D eigenvalue weighted by Gasteiger charge is -2.34. The summed E-state index contributed by atoms with van der Waals surface area (Å²) in [5.41, 5.74) is 3.58. The van der Waals surface area contributed by atoms with E-state index in [1.54, 1.807) is 0 Å². The van der Waals surface area contributed by atoms with Crippen molar-refractivity contribution in [1.29, 1.82) is 0 Å². The van der Waals surface area contributed by atoms with Crippen molar-refractivity contribution in [2.45, 2.75) is 19.9 Å². The summed E-state index contributed by atoms with van der Waals surface area (Å²) >= 11 is 0. The highest BCUT2D eigenvalue weighted by Gasteiger charge is 2.23. The Morgan fingerprint density at radius 2 is 2.00 bits per heavy atom. The molecule has 1 atom stereocenters. The molecule has 3 heteroatoms. The number of hydrogen-bond donors (Lipinski definition) is 1. The molecule has 0 saturated carbocycles. The van der Waals surface area contributed by atoms with Crippen LogP contribution in [0, 0.1) is 13.8 Å². The van der Waals surface area contributed by atoms with E-state index in [0.717, 1.165) is 31.7 Å². The summed E-state index contributed by atoms with van der Waals surface area (Å²) < 4.78 is 13.3. The first-order chi connectivity index (χ1) is 8.22. The van der Waals surface area contributed by atoms with E-state index in [-0.39, 0.29) is 12.7 Å². The molecule has 1 heterocycles. The van der Waals surface area contributed by atoms with Crippen LogP contribution >= 0.6 is 0 Å². The van der Waals surface area contributed by atoms with Gasteiger partial charge in [-0.05, 0) is 25.0 Å². The number of nitrogens with zero attached hydrogens (tertiary/aromatic N) is 1. The van der Waals surface area contributed by atoms with Crippen molar-refractivity contribution in [1.82, 2.24) is 10.2 Å². The van der Waals surface area contributed by atoms with Gasteiger partial charge in [0.25, 0.3) is 0 Å². The second-order valence-corrected chi connectivity index (χ2v) is 4.82. The van der Waals surface area contributed by atoms with Crippen molar-refractivity contribution in [3.05, 3.63) is 34.9 Å². The molecule has 1 aromatic carbocycles. The molecule has 2 rings (SSSR count). The summed E-state index contributed by atoms with van der Waals surface area (Å²) in [6, 6.07) is 6.22. The molecule has 2 nitrogen and oxygen atoms in total. The third-order valence-corrected chi connectivity index (χ3v) is 3.52. The summed E-state index contributed by atoms with van der Waals surface area (Å²) in [7, 11) is 0. The van der Waals surface area contributed by atoms with Crippen molar-refractivity contribution in [3.63, 3.8) is 0 Å². The van der Waals surface area contributed by atoms with Crippen molar-refractivity contribution in [3.8, 4) is 0 Å². The highest BCUT2D eigenvalue weighted by atomic mass is 19.1. The maximum Gasteiger partial charge on any atom is 0.109 e. The quantitative estimate of drug-likeness (QED) is 0.865. The Labute approximate surface area is 103 Å². The fourth-order valence-corrected chi connectivity index (χ4v) is 2.57. The number of hydrogen-bond acceptors (Lipinski definition) is 2. The van der Waals surface area contributed by atoms with Crippen molar-refractivity contribution >= 4 is 0 Å². The van der Waals surface area contributed by atoms with Gasteiger partial charge < -0.3 is 5.32 Å². The lowest BCUT2D eigenvalue weighted by molar-refractivity contribution is 0.147. The van der Waals surface area contributed by atoms with E-state index in [2.05, 4.69) is 42.3 Å². The number of rotatable bonds is 3. The molecule has 1 aliphatic heterocycles. The van der Waals surface area contributed by atoms with E-state index in [1.807, 2.05) is 0 Å². The third-order valence-electron chi connectivity index (χ3n) is 3.52. The molecule has 0 bridgehead atoms. The monoisotopic (exact) mass is 236 g/mol. The van der Waals surface area contributed by atoms with Crippen LogP contribution in [0.3, 0.4) is 0 Å². The van der Waals surface area contributed by atoms with Crippen LogP contribution in [0.4, 0.5) is 4.39 Å². The molecule has 0 unspecified atom stereocenters.